The lowest BCUT2D eigenvalue weighted by atomic mass is 10.2. The topological polar surface area (TPSA) is 104 Å². The number of aliphatic hydroxyl groups excluding tert-OH is 2. The highest BCUT2D eigenvalue weighted by Crippen LogP contribution is 1.95. The molecule has 3 N–H and O–H groups in total. The maximum Gasteiger partial charge on any atom is 0.338 e. The second kappa shape index (κ2) is 3.89. The number of carboxylic acids is 1. The predicted octanol–water partition coefficient (Wildman–Crippen LogP) is -2.03. The quantitative estimate of drug-likeness (QED) is 0.415. The highest BCUT2D eigenvalue weighted by molar-refractivity contribution is 5.84. The van der Waals surface area contributed by atoms with Gasteiger partial charge in [-0.1, -0.05) is 0 Å². The number of carbonyl (C=O) groups excluding carboxylic acids is 1. The van der Waals surface area contributed by atoms with Crippen molar-refractivity contribution in [2.45, 2.75) is 12.2 Å². The summed E-state index contributed by atoms with van der Waals surface area (Å²) in [6, 6.07) is 0. The van der Waals surface area contributed by atoms with Crippen molar-refractivity contribution in [3.05, 3.63) is 0 Å². The SMILES string of the molecule is COC(=O)[C@H](O)C(O)C(=O)O. The number of hydrogen-bond donors (Lipinski definition) is 3. The molecule has 0 aliphatic carbocycles. The molecule has 2 atom stereocenters. The van der Waals surface area contributed by atoms with Crippen LogP contribution in [-0.4, -0.2) is 46.6 Å². The summed E-state index contributed by atoms with van der Waals surface area (Å²) >= 11 is 0. The van der Waals surface area contributed by atoms with Crippen molar-refractivity contribution >= 4 is 11.9 Å². The fraction of sp³-hybridized carbons (Fsp3) is 0.600. The summed E-state index contributed by atoms with van der Waals surface area (Å²) < 4.78 is 3.97. The summed E-state index contributed by atoms with van der Waals surface area (Å²) in [5, 5.41) is 25.3. The Kier molecular flexibility index (Phi) is 3.49. The molecule has 0 aliphatic rings. The Bertz CT molecular complexity index is 164. The van der Waals surface area contributed by atoms with Gasteiger partial charge in [0.25, 0.3) is 0 Å². The van der Waals surface area contributed by atoms with Gasteiger partial charge in [-0.15, -0.1) is 0 Å². The van der Waals surface area contributed by atoms with Crippen LogP contribution < -0.4 is 0 Å². The Balaban J connectivity index is 4.12. The first kappa shape index (κ1) is 9.86. The van der Waals surface area contributed by atoms with Gasteiger partial charge in [-0.05, 0) is 0 Å². The summed E-state index contributed by atoms with van der Waals surface area (Å²) in [7, 11) is 0.972. The summed E-state index contributed by atoms with van der Waals surface area (Å²) in [5.41, 5.74) is 0. The minimum absolute atomic E-state index is 0.972. The second-order valence-corrected chi connectivity index (χ2v) is 1.75. The zero-order valence-corrected chi connectivity index (χ0v) is 5.72. The first-order valence-electron chi connectivity index (χ1n) is 2.67. The monoisotopic (exact) mass is 164 g/mol. The van der Waals surface area contributed by atoms with Crippen LogP contribution in [-0.2, 0) is 14.3 Å². The summed E-state index contributed by atoms with van der Waals surface area (Å²) in [4.78, 5) is 20.3. The van der Waals surface area contributed by atoms with E-state index in [-0.39, 0.29) is 0 Å². The van der Waals surface area contributed by atoms with Crippen LogP contribution in [0.4, 0.5) is 0 Å². The van der Waals surface area contributed by atoms with Crippen LogP contribution in [0.2, 0.25) is 0 Å². The largest absolute Gasteiger partial charge is 0.479 e. The van der Waals surface area contributed by atoms with Gasteiger partial charge in [0.1, 0.15) is 0 Å². The second-order valence-electron chi connectivity index (χ2n) is 1.75. The van der Waals surface area contributed by atoms with E-state index in [1.807, 2.05) is 0 Å². The molecule has 0 radical (unpaired) electrons. The van der Waals surface area contributed by atoms with E-state index in [2.05, 4.69) is 4.74 Å². The molecule has 0 aliphatic heterocycles. The zero-order valence-electron chi connectivity index (χ0n) is 5.72. The van der Waals surface area contributed by atoms with Crippen LogP contribution in [0.1, 0.15) is 0 Å². The van der Waals surface area contributed by atoms with Crippen molar-refractivity contribution in [1.82, 2.24) is 0 Å². The molecule has 6 nitrogen and oxygen atoms in total. The van der Waals surface area contributed by atoms with E-state index < -0.39 is 24.1 Å². The maximum absolute atomic E-state index is 10.4. The van der Waals surface area contributed by atoms with E-state index in [1.54, 1.807) is 0 Å². The van der Waals surface area contributed by atoms with Crippen LogP contribution in [0.3, 0.4) is 0 Å². The highest BCUT2D eigenvalue weighted by Gasteiger charge is 2.30. The first-order valence-corrected chi connectivity index (χ1v) is 2.67. The summed E-state index contributed by atoms with van der Waals surface area (Å²) in [5.74, 6) is -2.86. The van der Waals surface area contributed by atoms with Gasteiger partial charge in [-0.2, -0.15) is 0 Å². The van der Waals surface area contributed by atoms with Gasteiger partial charge in [0.05, 0.1) is 7.11 Å². The van der Waals surface area contributed by atoms with Gasteiger partial charge >= 0.3 is 11.9 Å². The minimum Gasteiger partial charge on any atom is -0.479 e. The Morgan fingerprint density at radius 2 is 1.73 bits per heavy atom. The van der Waals surface area contributed by atoms with Crippen LogP contribution in [0.15, 0.2) is 0 Å². The van der Waals surface area contributed by atoms with Crippen molar-refractivity contribution < 1.29 is 29.6 Å². The van der Waals surface area contributed by atoms with Crippen LogP contribution in [0.25, 0.3) is 0 Å². The number of aliphatic hydroxyl groups is 2. The van der Waals surface area contributed by atoms with Crippen LogP contribution in [0, 0.1) is 0 Å². The van der Waals surface area contributed by atoms with Crippen LogP contribution in [0.5, 0.6) is 0 Å². The highest BCUT2D eigenvalue weighted by atomic mass is 16.5. The van der Waals surface area contributed by atoms with Crippen molar-refractivity contribution in [3.8, 4) is 0 Å². The minimum atomic E-state index is -2.14. The van der Waals surface area contributed by atoms with Crippen molar-refractivity contribution in [2.24, 2.45) is 0 Å². The Morgan fingerprint density at radius 3 is 2.00 bits per heavy atom. The molecule has 64 valence electrons. The molecule has 0 fully saturated rings. The summed E-state index contributed by atoms with van der Waals surface area (Å²) in [6.07, 6.45) is -4.17. The number of carboxylic acid groups (broad SMARTS) is 1. The maximum atomic E-state index is 10.4. The van der Waals surface area contributed by atoms with E-state index in [0.717, 1.165) is 7.11 Å². The Hall–Kier alpha value is -1.14. The van der Waals surface area contributed by atoms with Crippen LogP contribution >= 0.6 is 0 Å². The molecular weight excluding hydrogens is 156 g/mol. The lowest BCUT2D eigenvalue weighted by Gasteiger charge is -2.10. The predicted molar refractivity (Wildman–Crippen MR) is 31.7 cm³/mol. The molecule has 1 unspecified atom stereocenters. The standard InChI is InChI=1S/C5H8O6/c1-11-5(10)3(7)2(6)4(8)9/h2-3,6-7H,1H3,(H,8,9)/t2?,3-/m1/s1. The molecule has 0 rings (SSSR count). The normalized spacial score (nSPS) is 15.2. The molecular formula is C5H8O6. The molecule has 0 saturated heterocycles. The van der Waals surface area contributed by atoms with Crippen molar-refractivity contribution in [2.75, 3.05) is 7.11 Å². The average molecular weight is 164 g/mol. The number of aliphatic carboxylic acids is 1. The number of methoxy groups -OCH3 is 1. The van der Waals surface area contributed by atoms with Gasteiger partial charge in [-0.25, -0.2) is 9.59 Å². The zero-order chi connectivity index (χ0) is 9.02. The number of hydrogen-bond acceptors (Lipinski definition) is 5. The molecule has 0 amide bonds. The van der Waals surface area contributed by atoms with Gasteiger partial charge in [0, 0.05) is 0 Å². The molecule has 0 saturated carbocycles. The molecule has 0 aromatic rings. The van der Waals surface area contributed by atoms with Gasteiger partial charge < -0.3 is 20.1 Å². The van der Waals surface area contributed by atoms with E-state index in [9.17, 15) is 9.59 Å². The van der Waals surface area contributed by atoms with E-state index >= 15 is 0 Å². The molecule has 0 heterocycles. The third-order valence-electron chi connectivity index (χ3n) is 0.995. The molecule has 0 spiro atoms. The molecule has 0 aromatic carbocycles. The lowest BCUT2D eigenvalue weighted by molar-refractivity contribution is -0.167. The van der Waals surface area contributed by atoms with Crippen molar-refractivity contribution in [1.29, 1.82) is 0 Å². The summed E-state index contributed by atoms with van der Waals surface area (Å²) in [6.45, 7) is 0. The van der Waals surface area contributed by atoms with E-state index in [1.165, 1.54) is 0 Å². The lowest BCUT2D eigenvalue weighted by Crippen LogP contribution is -2.40. The van der Waals surface area contributed by atoms with E-state index in [0.29, 0.717) is 0 Å². The average Bonchev–Trinajstić information content (AvgIpc) is 2.00. The fourth-order valence-corrected chi connectivity index (χ4v) is 0.385. The van der Waals surface area contributed by atoms with Gasteiger partial charge in [0.15, 0.2) is 12.2 Å². The third kappa shape index (κ3) is 2.52. The molecule has 0 bridgehead atoms. The number of ether oxygens (including phenoxy) is 1. The molecule has 6 heteroatoms. The number of rotatable bonds is 3. The first-order chi connectivity index (χ1) is 5.00. The molecule has 11 heavy (non-hydrogen) atoms. The number of esters is 1. The van der Waals surface area contributed by atoms with E-state index in [4.69, 9.17) is 15.3 Å². The number of carbonyl (C=O) groups is 2. The smallest absolute Gasteiger partial charge is 0.338 e. The van der Waals surface area contributed by atoms with Crippen molar-refractivity contribution in [3.63, 3.8) is 0 Å². The Morgan fingerprint density at radius 1 is 1.27 bits per heavy atom. The van der Waals surface area contributed by atoms with Gasteiger partial charge in [0.2, 0.25) is 0 Å². The molecule has 0 aromatic heterocycles. The fourth-order valence-electron chi connectivity index (χ4n) is 0.385. The Labute approximate surface area is 62.0 Å². The van der Waals surface area contributed by atoms with Gasteiger partial charge in [-0.3, -0.25) is 0 Å². The third-order valence-corrected chi connectivity index (χ3v) is 0.995.